The van der Waals surface area contributed by atoms with E-state index in [1.807, 2.05) is 29.6 Å². The SMILES string of the molecule is CCc1ccc(NN=C(C#N)c2nc(-c3ccc(Cl)cc3Cl)cs2)cc1. The zero-order chi connectivity index (χ0) is 18.5. The number of hydrogen-bond donors (Lipinski definition) is 1. The van der Waals surface area contributed by atoms with Crippen molar-refractivity contribution >= 4 is 45.9 Å². The molecule has 0 saturated heterocycles. The van der Waals surface area contributed by atoms with Gasteiger partial charge in [0.2, 0.25) is 0 Å². The van der Waals surface area contributed by atoms with Crippen LogP contribution in [0.1, 0.15) is 17.5 Å². The number of anilines is 1. The molecule has 3 aromatic rings. The van der Waals surface area contributed by atoms with Gasteiger partial charge in [-0.1, -0.05) is 42.3 Å². The molecule has 4 nitrogen and oxygen atoms in total. The summed E-state index contributed by atoms with van der Waals surface area (Å²) in [4.78, 5) is 4.48. The zero-order valence-electron chi connectivity index (χ0n) is 13.8. The van der Waals surface area contributed by atoms with Gasteiger partial charge in [0.15, 0.2) is 10.7 Å². The van der Waals surface area contributed by atoms with Crippen molar-refractivity contribution in [2.45, 2.75) is 13.3 Å². The number of hydrazone groups is 1. The highest BCUT2D eigenvalue weighted by Crippen LogP contribution is 2.31. The molecule has 0 spiro atoms. The third-order valence-electron chi connectivity index (χ3n) is 3.68. The lowest BCUT2D eigenvalue weighted by Crippen LogP contribution is -2.01. The van der Waals surface area contributed by atoms with Gasteiger partial charge in [-0.2, -0.15) is 10.4 Å². The van der Waals surface area contributed by atoms with E-state index < -0.39 is 0 Å². The van der Waals surface area contributed by atoms with Crippen molar-refractivity contribution in [3.63, 3.8) is 0 Å². The quantitative estimate of drug-likeness (QED) is 0.420. The molecule has 0 unspecified atom stereocenters. The molecule has 2 aromatic carbocycles. The molecule has 130 valence electrons. The lowest BCUT2D eigenvalue weighted by atomic mass is 10.2. The summed E-state index contributed by atoms with van der Waals surface area (Å²) in [5.41, 5.74) is 6.61. The largest absolute Gasteiger partial charge is 0.277 e. The van der Waals surface area contributed by atoms with E-state index in [-0.39, 0.29) is 5.71 Å². The summed E-state index contributed by atoms with van der Waals surface area (Å²) in [5.74, 6) is 0. The Kier molecular flexibility index (Phi) is 5.89. The summed E-state index contributed by atoms with van der Waals surface area (Å²) in [6, 6.07) is 15.2. The van der Waals surface area contributed by atoms with Crippen molar-refractivity contribution in [1.29, 1.82) is 5.26 Å². The van der Waals surface area contributed by atoms with Gasteiger partial charge in [0, 0.05) is 16.0 Å². The lowest BCUT2D eigenvalue weighted by Gasteiger charge is -2.02. The van der Waals surface area contributed by atoms with E-state index in [1.165, 1.54) is 16.9 Å². The highest BCUT2D eigenvalue weighted by molar-refractivity contribution is 7.12. The molecule has 0 bridgehead atoms. The Labute approximate surface area is 165 Å². The molecule has 1 N–H and O–H groups in total. The first kappa shape index (κ1) is 18.4. The standard InChI is InChI=1S/C19H14Cl2N4S/c1-2-12-3-6-14(7-4-12)24-25-17(10-22)19-23-18(11-26-19)15-8-5-13(20)9-16(15)21/h3-9,11,24H,2H2,1H3. The summed E-state index contributed by atoms with van der Waals surface area (Å²) >= 11 is 13.5. The van der Waals surface area contributed by atoms with Crippen LogP contribution in [0.2, 0.25) is 10.0 Å². The Morgan fingerprint density at radius 1 is 1.23 bits per heavy atom. The molecular weight excluding hydrogens is 387 g/mol. The summed E-state index contributed by atoms with van der Waals surface area (Å²) in [7, 11) is 0. The van der Waals surface area contributed by atoms with E-state index in [9.17, 15) is 5.26 Å². The molecule has 7 heteroatoms. The minimum atomic E-state index is 0.214. The molecule has 0 aliphatic heterocycles. The highest BCUT2D eigenvalue weighted by atomic mass is 35.5. The molecule has 0 aliphatic carbocycles. The highest BCUT2D eigenvalue weighted by Gasteiger charge is 2.13. The van der Waals surface area contributed by atoms with E-state index in [0.29, 0.717) is 20.7 Å². The number of thiazole rings is 1. The first-order valence-corrected chi connectivity index (χ1v) is 9.48. The smallest absolute Gasteiger partial charge is 0.196 e. The molecule has 26 heavy (non-hydrogen) atoms. The maximum absolute atomic E-state index is 9.41. The van der Waals surface area contributed by atoms with Crippen molar-refractivity contribution < 1.29 is 0 Å². The number of nitrogens with one attached hydrogen (secondary N) is 1. The molecule has 0 saturated carbocycles. The van der Waals surface area contributed by atoms with Crippen molar-refractivity contribution in [2.75, 3.05) is 5.43 Å². The fraction of sp³-hybridized carbons (Fsp3) is 0.105. The van der Waals surface area contributed by atoms with Gasteiger partial charge >= 0.3 is 0 Å². The maximum atomic E-state index is 9.41. The van der Waals surface area contributed by atoms with Crippen LogP contribution in [0, 0.1) is 11.3 Å². The van der Waals surface area contributed by atoms with Gasteiger partial charge in [0.05, 0.1) is 16.4 Å². The Hall–Kier alpha value is -2.39. The Morgan fingerprint density at radius 2 is 2.00 bits per heavy atom. The van der Waals surface area contributed by atoms with Crippen LogP contribution in [0.4, 0.5) is 5.69 Å². The van der Waals surface area contributed by atoms with E-state index in [0.717, 1.165) is 17.7 Å². The molecule has 1 heterocycles. The van der Waals surface area contributed by atoms with Crippen LogP contribution in [0.5, 0.6) is 0 Å². The topological polar surface area (TPSA) is 61.1 Å². The van der Waals surface area contributed by atoms with Crippen LogP contribution >= 0.6 is 34.5 Å². The predicted molar refractivity (Wildman–Crippen MR) is 109 cm³/mol. The van der Waals surface area contributed by atoms with Gasteiger partial charge in [-0.3, -0.25) is 5.43 Å². The maximum Gasteiger partial charge on any atom is 0.196 e. The number of aryl methyl sites for hydroxylation is 1. The monoisotopic (exact) mass is 400 g/mol. The number of hydrogen-bond acceptors (Lipinski definition) is 5. The van der Waals surface area contributed by atoms with Gasteiger partial charge in [-0.05, 0) is 42.3 Å². The summed E-state index contributed by atoms with van der Waals surface area (Å²) in [6.45, 7) is 2.10. The molecule has 0 radical (unpaired) electrons. The summed E-state index contributed by atoms with van der Waals surface area (Å²) in [5, 5.41) is 17.0. The second kappa shape index (κ2) is 8.33. The number of nitriles is 1. The fourth-order valence-corrected chi connectivity index (χ4v) is 3.52. The molecule has 1 aromatic heterocycles. The summed E-state index contributed by atoms with van der Waals surface area (Å²) in [6.07, 6.45) is 0.974. The average Bonchev–Trinajstić information content (AvgIpc) is 3.12. The second-order valence-corrected chi connectivity index (χ2v) is 7.10. The van der Waals surface area contributed by atoms with E-state index in [2.05, 4.69) is 28.5 Å². The van der Waals surface area contributed by atoms with Crippen LogP contribution in [0.25, 0.3) is 11.3 Å². The van der Waals surface area contributed by atoms with Crippen molar-refractivity contribution in [3.8, 4) is 17.3 Å². The van der Waals surface area contributed by atoms with Crippen LogP contribution in [0.15, 0.2) is 52.9 Å². The number of benzene rings is 2. The Morgan fingerprint density at radius 3 is 2.65 bits per heavy atom. The number of aromatic nitrogens is 1. The molecule has 0 atom stereocenters. The van der Waals surface area contributed by atoms with Gasteiger partial charge in [0.25, 0.3) is 0 Å². The van der Waals surface area contributed by atoms with Crippen LogP contribution in [0.3, 0.4) is 0 Å². The third-order valence-corrected chi connectivity index (χ3v) is 5.08. The molecular formula is C19H14Cl2N4S. The van der Waals surface area contributed by atoms with E-state index >= 15 is 0 Å². The van der Waals surface area contributed by atoms with Crippen molar-refractivity contribution in [1.82, 2.24) is 4.98 Å². The third kappa shape index (κ3) is 4.23. The van der Waals surface area contributed by atoms with E-state index in [1.54, 1.807) is 18.2 Å². The molecule has 0 fully saturated rings. The lowest BCUT2D eigenvalue weighted by molar-refractivity contribution is 1.14. The van der Waals surface area contributed by atoms with Crippen LogP contribution < -0.4 is 5.43 Å². The van der Waals surface area contributed by atoms with E-state index in [4.69, 9.17) is 23.2 Å². The van der Waals surface area contributed by atoms with Gasteiger partial charge in [-0.15, -0.1) is 11.3 Å². The van der Waals surface area contributed by atoms with Gasteiger partial charge in [-0.25, -0.2) is 4.98 Å². The molecule has 0 aliphatic rings. The van der Waals surface area contributed by atoms with Crippen molar-refractivity contribution in [3.05, 3.63) is 68.5 Å². The minimum Gasteiger partial charge on any atom is -0.277 e. The Bertz CT molecular complexity index is 988. The zero-order valence-corrected chi connectivity index (χ0v) is 16.2. The second-order valence-electron chi connectivity index (χ2n) is 5.40. The first-order chi connectivity index (χ1) is 12.6. The first-order valence-electron chi connectivity index (χ1n) is 7.84. The number of rotatable bonds is 5. The van der Waals surface area contributed by atoms with Gasteiger partial charge < -0.3 is 0 Å². The minimum absolute atomic E-state index is 0.214. The van der Waals surface area contributed by atoms with Crippen molar-refractivity contribution in [2.24, 2.45) is 5.10 Å². The number of nitrogens with zero attached hydrogens (tertiary/aromatic N) is 3. The van der Waals surface area contributed by atoms with Crippen LogP contribution in [-0.2, 0) is 6.42 Å². The van der Waals surface area contributed by atoms with Gasteiger partial charge in [0.1, 0.15) is 6.07 Å². The summed E-state index contributed by atoms with van der Waals surface area (Å²) < 4.78 is 0. The normalized spacial score (nSPS) is 11.2. The number of halogens is 2. The predicted octanol–water partition coefficient (Wildman–Crippen LogP) is 6.02. The fourth-order valence-electron chi connectivity index (χ4n) is 2.26. The van der Waals surface area contributed by atoms with Crippen LogP contribution in [-0.4, -0.2) is 10.7 Å². The Balaban J connectivity index is 1.82. The average molecular weight is 401 g/mol. The molecule has 3 rings (SSSR count). The molecule has 0 amide bonds.